The maximum atomic E-state index is 13.0. The van der Waals surface area contributed by atoms with Gasteiger partial charge in [0, 0.05) is 23.3 Å². The van der Waals surface area contributed by atoms with Crippen LogP contribution in [0.15, 0.2) is 71.6 Å². The van der Waals surface area contributed by atoms with E-state index in [4.69, 9.17) is 28.9 Å². The molecule has 0 aliphatic heterocycles. The summed E-state index contributed by atoms with van der Waals surface area (Å²) in [5.74, 6) is -1.31. The van der Waals surface area contributed by atoms with Crippen LogP contribution in [0.5, 0.6) is 0 Å². The third-order valence-electron chi connectivity index (χ3n) is 4.42. The molecule has 7 nitrogen and oxygen atoms in total. The van der Waals surface area contributed by atoms with Gasteiger partial charge in [0.25, 0.3) is 15.9 Å². The standard InChI is InChI=1S/C21H17Cl2N3O4S/c1-26(16-6-3-5-14(22)11-16)31(29,30)17-7-2-4-13(10-17)21(28)25-15-8-9-19(23)18(12-15)20(24)27/h2-12H,1H3,(H2,24,27)(H,25,28). The van der Waals surface area contributed by atoms with Crippen LogP contribution in [-0.2, 0) is 10.0 Å². The molecule has 0 radical (unpaired) electrons. The van der Waals surface area contributed by atoms with Crippen molar-refractivity contribution in [2.24, 2.45) is 5.73 Å². The van der Waals surface area contributed by atoms with E-state index >= 15 is 0 Å². The summed E-state index contributed by atoms with van der Waals surface area (Å²) in [6.07, 6.45) is 0. The van der Waals surface area contributed by atoms with Gasteiger partial charge >= 0.3 is 0 Å². The minimum atomic E-state index is -3.95. The van der Waals surface area contributed by atoms with Crippen LogP contribution in [-0.4, -0.2) is 27.3 Å². The number of hydrogen-bond donors (Lipinski definition) is 2. The number of nitrogens with two attached hydrogens (primary N) is 1. The third-order valence-corrected chi connectivity index (χ3v) is 6.76. The summed E-state index contributed by atoms with van der Waals surface area (Å²) >= 11 is 11.9. The van der Waals surface area contributed by atoms with Crippen molar-refractivity contribution < 1.29 is 18.0 Å². The lowest BCUT2D eigenvalue weighted by atomic mass is 10.1. The molecule has 0 aliphatic rings. The average Bonchev–Trinajstić information content (AvgIpc) is 2.74. The number of anilines is 2. The molecule has 31 heavy (non-hydrogen) atoms. The highest BCUT2D eigenvalue weighted by Gasteiger charge is 2.23. The van der Waals surface area contributed by atoms with Crippen molar-refractivity contribution in [3.63, 3.8) is 0 Å². The molecule has 160 valence electrons. The second kappa shape index (κ2) is 8.97. The smallest absolute Gasteiger partial charge is 0.264 e. The minimum absolute atomic E-state index is 0.0546. The molecule has 10 heteroatoms. The van der Waals surface area contributed by atoms with E-state index in [2.05, 4.69) is 5.32 Å². The van der Waals surface area contributed by atoms with Crippen molar-refractivity contribution in [1.29, 1.82) is 0 Å². The van der Waals surface area contributed by atoms with Gasteiger partial charge < -0.3 is 11.1 Å². The zero-order valence-corrected chi connectivity index (χ0v) is 18.5. The lowest BCUT2D eigenvalue weighted by molar-refractivity contribution is 0.0996. The number of nitrogens with zero attached hydrogens (tertiary/aromatic N) is 1. The molecule has 2 amide bonds. The lowest BCUT2D eigenvalue weighted by Crippen LogP contribution is -2.26. The number of halogens is 2. The molecule has 3 rings (SSSR count). The molecule has 0 unspecified atom stereocenters. The van der Waals surface area contributed by atoms with Gasteiger partial charge in [-0.1, -0.05) is 35.3 Å². The highest BCUT2D eigenvalue weighted by atomic mass is 35.5. The van der Waals surface area contributed by atoms with E-state index in [0.717, 1.165) is 4.31 Å². The van der Waals surface area contributed by atoms with Gasteiger partial charge in [-0.05, 0) is 54.6 Å². The maximum Gasteiger partial charge on any atom is 0.264 e. The predicted molar refractivity (Wildman–Crippen MR) is 121 cm³/mol. The Kier molecular flexibility index (Phi) is 6.54. The van der Waals surface area contributed by atoms with Gasteiger partial charge in [0.15, 0.2) is 0 Å². The van der Waals surface area contributed by atoms with Crippen LogP contribution in [0, 0.1) is 0 Å². The first kappa shape index (κ1) is 22.6. The highest BCUT2D eigenvalue weighted by Crippen LogP contribution is 2.25. The Balaban J connectivity index is 1.88. The summed E-state index contributed by atoms with van der Waals surface area (Å²) in [5, 5.41) is 3.15. The number of carbonyl (C=O) groups is 2. The molecule has 0 bridgehead atoms. The van der Waals surface area contributed by atoms with Crippen LogP contribution in [0.25, 0.3) is 0 Å². The maximum absolute atomic E-state index is 13.0. The third kappa shape index (κ3) is 4.99. The van der Waals surface area contributed by atoms with Crippen LogP contribution in [0.1, 0.15) is 20.7 Å². The molecule has 0 spiro atoms. The molecule has 0 aromatic heterocycles. The van der Waals surface area contributed by atoms with E-state index in [9.17, 15) is 18.0 Å². The summed E-state index contributed by atoms with van der Waals surface area (Å²) in [6, 6.07) is 16.3. The van der Waals surface area contributed by atoms with Crippen LogP contribution in [0.4, 0.5) is 11.4 Å². The van der Waals surface area contributed by atoms with E-state index in [0.29, 0.717) is 10.7 Å². The first-order chi connectivity index (χ1) is 14.6. The average molecular weight is 478 g/mol. The number of benzene rings is 3. The zero-order valence-electron chi connectivity index (χ0n) is 16.2. The van der Waals surface area contributed by atoms with E-state index in [1.165, 1.54) is 55.6 Å². The van der Waals surface area contributed by atoms with Gasteiger partial charge in [-0.2, -0.15) is 0 Å². The van der Waals surface area contributed by atoms with Crippen molar-refractivity contribution in [3.8, 4) is 0 Å². The molecule has 0 aliphatic carbocycles. The molecule has 0 saturated carbocycles. The van der Waals surface area contributed by atoms with Gasteiger partial charge in [-0.3, -0.25) is 13.9 Å². The van der Waals surface area contributed by atoms with Crippen molar-refractivity contribution >= 4 is 56.4 Å². The monoisotopic (exact) mass is 477 g/mol. The van der Waals surface area contributed by atoms with Crippen LogP contribution in [0.2, 0.25) is 10.0 Å². The minimum Gasteiger partial charge on any atom is -0.366 e. The summed E-state index contributed by atoms with van der Waals surface area (Å²) in [4.78, 5) is 24.0. The van der Waals surface area contributed by atoms with Crippen molar-refractivity contribution in [2.45, 2.75) is 4.90 Å². The van der Waals surface area contributed by atoms with Crippen LogP contribution < -0.4 is 15.4 Å². The molecular formula is C21H17Cl2N3O4S. The Hall–Kier alpha value is -3.07. The van der Waals surface area contributed by atoms with E-state index in [1.54, 1.807) is 18.2 Å². The van der Waals surface area contributed by atoms with Gasteiger partial charge in [0.1, 0.15) is 0 Å². The Labute approximate surface area is 189 Å². The molecule has 3 aromatic rings. The van der Waals surface area contributed by atoms with Gasteiger partial charge in [-0.15, -0.1) is 0 Å². The second-order valence-electron chi connectivity index (χ2n) is 6.49. The fraction of sp³-hybridized carbons (Fsp3) is 0.0476. The van der Waals surface area contributed by atoms with Crippen molar-refractivity contribution in [1.82, 2.24) is 0 Å². The SMILES string of the molecule is CN(c1cccc(Cl)c1)S(=O)(=O)c1cccc(C(=O)Nc2ccc(Cl)c(C(N)=O)c2)c1. The molecule has 0 fully saturated rings. The molecule has 3 aromatic carbocycles. The number of hydrogen-bond acceptors (Lipinski definition) is 4. The normalized spacial score (nSPS) is 11.1. The molecule has 3 N–H and O–H groups in total. The van der Waals surface area contributed by atoms with E-state index < -0.39 is 21.8 Å². The predicted octanol–water partition coefficient (Wildman–Crippen LogP) is 4.17. The van der Waals surface area contributed by atoms with Gasteiger partial charge in [-0.25, -0.2) is 8.42 Å². The highest BCUT2D eigenvalue weighted by molar-refractivity contribution is 7.92. The number of nitrogens with one attached hydrogen (secondary N) is 1. The number of sulfonamides is 1. The van der Waals surface area contributed by atoms with E-state index in [-0.39, 0.29) is 26.7 Å². The quantitative estimate of drug-likeness (QED) is 0.554. The Morgan fingerprint density at radius 2 is 1.68 bits per heavy atom. The van der Waals surface area contributed by atoms with Crippen molar-refractivity contribution in [3.05, 3.63) is 87.9 Å². The first-order valence-electron chi connectivity index (χ1n) is 8.85. The number of primary amides is 1. The number of rotatable bonds is 6. The number of amides is 2. The fourth-order valence-electron chi connectivity index (χ4n) is 2.76. The molecular weight excluding hydrogens is 461 g/mol. The molecule has 0 heterocycles. The summed E-state index contributed by atoms with van der Waals surface area (Å²) in [7, 11) is -2.55. The summed E-state index contributed by atoms with van der Waals surface area (Å²) < 4.78 is 27.1. The zero-order chi connectivity index (χ0) is 22.8. The summed E-state index contributed by atoms with van der Waals surface area (Å²) in [5.41, 5.74) is 6.09. The second-order valence-corrected chi connectivity index (χ2v) is 9.31. The molecule has 0 saturated heterocycles. The van der Waals surface area contributed by atoms with Crippen molar-refractivity contribution in [2.75, 3.05) is 16.7 Å². The Morgan fingerprint density at radius 1 is 0.968 bits per heavy atom. The largest absolute Gasteiger partial charge is 0.366 e. The Bertz CT molecular complexity index is 1280. The summed E-state index contributed by atoms with van der Waals surface area (Å²) in [6.45, 7) is 0. The van der Waals surface area contributed by atoms with Crippen LogP contribution in [0.3, 0.4) is 0 Å². The number of carbonyl (C=O) groups excluding carboxylic acids is 2. The molecule has 0 atom stereocenters. The van der Waals surface area contributed by atoms with Gasteiger partial charge in [0.2, 0.25) is 5.91 Å². The first-order valence-corrected chi connectivity index (χ1v) is 11.0. The topological polar surface area (TPSA) is 110 Å². The lowest BCUT2D eigenvalue weighted by Gasteiger charge is -2.20. The van der Waals surface area contributed by atoms with Gasteiger partial charge in [0.05, 0.1) is 21.2 Å². The van der Waals surface area contributed by atoms with E-state index in [1.807, 2.05) is 0 Å². The fourth-order valence-corrected chi connectivity index (χ4v) is 4.39. The Morgan fingerprint density at radius 3 is 2.35 bits per heavy atom. The van der Waals surface area contributed by atoms with Crippen LogP contribution >= 0.6 is 23.2 Å².